The molecule has 2 fully saturated rings. The summed E-state index contributed by atoms with van der Waals surface area (Å²) >= 11 is 0. The highest BCUT2D eigenvalue weighted by Gasteiger charge is 2.51. The van der Waals surface area contributed by atoms with Gasteiger partial charge in [0.1, 0.15) is 0 Å². The van der Waals surface area contributed by atoms with Gasteiger partial charge < -0.3 is 9.84 Å². The fourth-order valence-corrected chi connectivity index (χ4v) is 3.05. The number of likely N-dealkylation sites (tertiary alicyclic amines) is 1. The number of β-amino-alcohol motifs (C(OH)–C–C–N with tert-alkyl or cyclic N) is 1. The van der Waals surface area contributed by atoms with E-state index < -0.39 is 17.5 Å². The SMILES string of the molecule is COC(=O)C(O)CN1C(=O)CC2(CCCCC2)C1=O. The summed E-state index contributed by atoms with van der Waals surface area (Å²) in [6.45, 7) is -0.300. The second kappa shape index (κ2) is 5.28. The molecule has 1 N–H and O–H groups in total. The molecule has 0 aromatic rings. The van der Waals surface area contributed by atoms with Crippen molar-refractivity contribution in [2.75, 3.05) is 13.7 Å². The summed E-state index contributed by atoms with van der Waals surface area (Å²) in [4.78, 5) is 36.5. The van der Waals surface area contributed by atoms with Gasteiger partial charge in [-0.05, 0) is 12.8 Å². The van der Waals surface area contributed by atoms with Crippen LogP contribution in [0.1, 0.15) is 38.5 Å². The fraction of sp³-hybridized carbons (Fsp3) is 0.769. The average Bonchev–Trinajstić information content (AvgIpc) is 2.63. The lowest BCUT2D eigenvalue weighted by Gasteiger charge is -2.30. The number of amides is 2. The normalized spacial score (nSPS) is 23.8. The van der Waals surface area contributed by atoms with Crippen LogP contribution >= 0.6 is 0 Å². The third-order valence-electron chi connectivity index (χ3n) is 4.13. The van der Waals surface area contributed by atoms with Crippen LogP contribution in [0.2, 0.25) is 0 Å². The minimum Gasteiger partial charge on any atom is -0.467 e. The van der Waals surface area contributed by atoms with E-state index in [2.05, 4.69) is 4.74 Å². The van der Waals surface area contributed by atoms with E-state index in [0.29, 0.717) is 0 Å². The Kier molecular flexibility index (Phi) is 3.89. The van der Waals surface area contributed by atoms with Crippen LogP contribution in [0.15, 0.2) is 0 Å². The maximum Gasteiger partial charge on any atom is 0.336 e. The number of nitrogens with zero attached hydrogens (tertiary/aromatic N) is 1. The van der Waals surface area contributed by atoms with Crippen molar-refractivity contribution < 1.29 is 24.2 Å². The Balaban J connectivity index is 2.08. The number of methoxy groups -OCH3 is 1. The molecule has 1 aliphatic carbocycles. The van der Waals surface area contributed by atoms with Gasteiger partial charge in [0.05, 0.1) is 19.1 Å². The molecule has 19 heavy (non-hydrogen) atoms. The molecule has 1 atom stereocenters. The van der Waals surface area contributed by atoms with Crippen molar-refractivity contribution in [2.24, 2.45) is 5.41 Å². The first-order valence-electron chi connectivity index (χ1n) is 6.61. The predicted octanol–water partition coefficient (Wildman–Crippen LogP) is 0.230. The van der Waals surface area contributed by atoms with Crippen molar-refractivity contribution in [1.29, 1.82) is 0 Å². The summed E-state index contributed by atoms with van der Waals surface area (Å²) in [6, 6.07) is 0. The molecule has 0 radical (unpaired) electrons. The smallest absolute Gasteiger partial charge is 0.336 e. The summed E-state index contributed by atoms with van der Waals surface area (Å²) < 4.78 is 4.39. The van der Waals surface area contributed by atoms with Gasteiger partial charge >= 0.3 is 5.97 Å². The van der Waals surface area contributed by atoms with Gasteiger partial charge in [-0.3, -0.25) is 14.5 Å². The number of carbonyl (C=O) groups is 3. The highest BCUT2D eigenvalue weighted by atomic mass is 16.5. The van der Waals surface area contributed by atoms with E-state index in [4.69, 9.17) is 0 Å². The summed E-state index contributed by atoms with van der Waals surface area (Å²) in [5, 5.41) is 9.58. The van der Waals surface area contributed by atoms with E-state index in [1.54, 1.807) is 0 Å². The number of rotatable bonds is 3. The van der Waals surface area contributed by atoms with Crippen molar-refractivity contribution in [2.45, 2.75) is 44.6 Å². The maximum atomic E-state index is 12.4. The van der Waals surface area contributed by atoms with Gasteiger partial charge in [-0.2, -0.15) is 0 Å². The third-order valence-corrected chi connectivity index (χ3v) is 4.13. The van der Waals surface area contributed by atoms with Crippen LogP contribution < -0.4 is 0 Å². The number of ether oxygens (including phenoxy) is 1. The van der Waals surface area contributed by atoms with E-state index in [-0.39, 0.29) is 24.8 Å². The van der Waals surface area contributed by atoms with Gasteiger partial charge in [-0.25, -0.2) is 4.79 Å². The molecule has 2 rings (SSSR count). The zero-order chi connectivity index (χ0) is 14.0. The molecular weight excluding hydrogens is 250 g/mol. The maximum absolute atomic E-state index is 12.4. The van der Waals surface area contributed by atoms with Gasteiger partial charge in [-0.15, -0.1) is 0 Å². The number of hydrogen-bond acceptors (Lipinski definition) is 5. The van der Waals surface area contributed by atoms with Gasteiger partial charge in [0.15, 0.2) is 6.10 Å². The minimum atomic E-state index is -1.46. The molecular formula is C13H19NO5. The van der Waals surface area contributed by atoms with Crippen molar-refractivity contribution in [3.05, 3.63) is 0 Å². The van der Waals surface area contributed by atoms with Crippen LogP contribution in [0.4, 0.5) is 0 Å². The van der Waals surface area contributed by atoms with Crippen molar-refractivity contribution in [3.63, 3.8) is 0 Å². The van der Waals surface area contributed by atoms with E-state index in [1.165, 1.54) is 0 Å². The van der Waals surface area contributed by atoms with E-state index in [9.17, 15) is 19.5 Å². The molecule has 1 aliphatic heterocycles. The molecule has 6 heteroatoms. The molecule has 1 spiro atoms. The number of aliphatic hydroxyl groups excluding tert-OH is 1. The Morgan fingerprint density at radius 3 is 2.58 bits per heavy atom. The first kappa shape index (κ1) is 14.0. The summed E-state index contributed by atoms with van der Waals surface area (Å²) in [5.74, 6) is -1.36. The molecule has 0 aromatic heterocycles. The fourth-order valence-electron chi connectivity index (χ4n) is 3.05. The lowest BCUT2D eigenvalue weighted by molar-refractivity contribution is -0.154. The lowest BCUT2D eigenvalue weighted by atomic mass is 9.73. The van der Waals surface area contributed by atoms with E-state index >= 15 is 0 Å². The minimum absolute atomic E-state index is 0.208. The van der Waals surface area contributed by atoms with Crippen LogP contribution in [0.5, 0.6) is 0 Å². The largest absolute Gasteiger partial charge is 0.467 e. The molecule has 1 saturated carbocycles. The Hall–Kier alpha value is -1.43. The van der Waals surface area contributed by atoms with Crippen LogP contribution in [-0.2, 0) is 19.1 Å². The summed E-state index contributed by atoms with van der Waals surface area (Å²) in [7, 11) is 1.15. The highest BCUT2D eigenvalue weighted by Crippen LogP contribution is 2.45. The van der Waals surface area contributed by atoms with Crippen molar-refractivity contribution >= 4 is 17.8 Å². The average molecular weight is 269 g/mol. The quantitative estimate of drug-likeness (QED) is 0.585. The standard InChI is InChI=1S/C13H19NO5/c1-19-11(17)9(15)8-14-10(16)7-13(12(14)18)5-3-2-4-6-13/h9,15H,2-8H2,1H3. The molecule has 2 aliphatic rings. The summed E-state index contributed by atoms with van der Waals surface area (Å²) in [6.07, 6.45) is 3.19. The molecule has 106 valence electrons. The summed E-state index contributed by atoms with van der Waals surface area (Å²) in [5.41, 5.74) is -0.578. The van der Waals surface area contributed by atoms with Crippen LogP contribution in [-0.4, -0.2) is 47.5 Å². The lowest BCUT2D eigenvalue weighted by Crippen LogP contribution is -2.43. The number of aliphatic hydroxyl groups is 1. The van der Waals surface area contributed by atoms with Gasteiger partial charge in [0, 0.05) is 6.42 Å². The molecule has 1 heterocycles. The first-order chi connectivity index (χ1) is 9.00. The topological polar surface area (TPSA) is 83.9 Å². The Morgan fingerprint density at radius 2 is 2.00 bits per heavy atom. The van der Waals surface area contributed by atoms with Crippen LogP contribution in [0, 0.1) is 5.41 Å². The van der Waals surface area contributed by atoms with Crippen molar-refractivity contribution in [3.8, 4) is 0 Å². The zero-order valence-electron chi connectivity index (χ0n) is 11.1. The second-order valence-electron chi connectivity index (χ2n) is 5.37. The molecule has 1 unspecified atom stereocenters. The highest BCUT2D eigenvalue weighted by molar-refractivity contribution is 6.06. The van der Waals surface area contributed by atoms with Gasteiger partial charge in [0.25, 0.3) is 0 Å². The van der Waals surface area contributed by atoms with E-state index in [0.717, 1.165) is 44.1 Å². The van der Waals surface area contributed by atoms with E-state index in [1.807, 2.05) is 0 Å². The molecule has 0 bridgehead atoms. The molecule has 6 nitrogen and oxygen atoms in total. The van der Waals surface area contributed by atoms with Crippen LogP contribution in [0.25, 0.3) is 0 Å². The Labute approximate surface area is 111 Å². The number of esters is 1. The first-order valence-corrected chi connectivity index (χ1v) is 6.61. The second-order valence-corrected chi connectivity index (χ2v) is 5.37. The monoisotopic (exact) mass is 269 g/mol. The third kappa shape index (κ3) is 2.49. The Bertz CT molecular complexity index is 400. The van der Waals surface area contributed by atoms with Gasteiger partial charge in [0.2, 0.25) is 11.8 Å². The number of hydrogen-bond donors (Lipinski definition) is 1. The number of carbonyl (C=O) groups excluding carboxylic acids is 3. The van der Waals surface area contributed by atoms with Crippen molar-refractivity contribution in [1.82, 2.24) is 4.90 Å². The zero-order valence-corrected chi connectivity index (χ0v) is 11.1. The Morgan fingerprint density at radius 1 is 1.37 bits per heavy atom. The molecule has 0 aromatic carbocycles. The van der Waals surface area contributed by atoms with Crippen LogP contribution in [0.3, 0.4) is 0 Å². The number of imide groups is 1. The molecule has 1 saturated heterocycles. The molecule has 2 amide bonds. The van der Waals surface area contributed by atoms with Gasteiger partial charge in [-0.1, -0.05) is 19.3 Å². The predicted molar refractivity (Wildman–Crippen MR) is 64.9 cm³/mol.